The second kappa shape index (κ2) is 8.84. The van der Waals surface area contributed by atoms with Gasteiger partial charge in [0.2, 0.25) is 5.91 Å². The lowest BCUT2D eigenvalue weighted by Gasteiger charge is -2.11. The molecule has 0 bridgehead atoms. The van der Waals surface area contributed by atoms with Crippen molar-refractivity contribution in [3.05, 3.63) is 101 Å². The molecular formula is C23H21N3O3. The van der Waals surface area contributed by atoms with Crippen LogP contribution in [0, 0.1) is 6.92 Å². The van der Waals surface area contributed by atoms with E-state index in [0.717, 1.165) is 11.1 Å². The molecule has 29 heavy (non-hydrogen) atoms. The Bertz CT molecular complexity index is 1040. The third kappa shape index (κ3) is 5.07. The molecule has 6 nitrogen and oxygen atoms in total. The van der Waals surface area contributed by atoms with E-state index < -0.39 is 5.91 Å². The molecule has 0 fully saturated rings. The molecule has 0 unspecified atom stereocenters. The lowest BCUT2D eigenvalue weighted by atomic mass is 10.1. The highest BCUT2D eigenvalue weighted by Gasteiger charge is 2.11. The summed E-state index contributed by atoms with van der Waals surface area (Å²) in [5, 5.41) is 5.68. The van der Waals surface area contributed by atoms with E-state index in [4.69, 9.17) is 5.73 Å². The molecule has 3 amide bonds. The standard InChI is InChI=1S/C23H21N3O3/c1-15-7-10-19(13-20(15)26-23(29)18-5-3-2-4-6-18)22(28)25-14-16-8-11-17(12-9-16)21(24)27/h2-13H,14H2,1H3,(H2,24,27)(H,25,28)(H,26,29). The third-order valence-electron chi connectivity index (χ3n) is 4.48. The summed E-state index contributed by atoms with van der Waals surface area (Å²) in [6.07, 6.45) is 0. The Morgan fingerprint density at radius 3 is 2.10 bits per heavy atom. The summed E-state index contributed by atoms with van der Waals surface area (Å²) in [7, 11) is 0. The summed E-state index contributed by atoms with van der Waals surface area (Å²) in [4.78, 5) is 36.0. The molecule has 0 atom stereocenters. The molecule has 0 saturated carbocycles. The summed E-state index contributed by atoms with van der Waals surface area (Å²) >= 11 is 0. The molecular weight excluding hydrogens is 366 g/mol. The van der Waals surface area contributed by atoms with Gasteiger partial charge in [-0.25, -0.2) is 0 Å². The summed E-state index contributed by atoms with van der Waals surface area (Å²) in [5.74, 6) is -0.995. The molecule has 0 aliphatic rings. The van der Waals surface area contributed by atoms with Crippen molar-refractivity contribution in [2.75, 3.05) is 5.32 Å². The molecule has 4 N–H and O–H groups in total. The zero-order valence-electron chi connectivity index (χ0n) is 15.9. The Morgan fingerprint density at radius 2 is 1.45 bits per heavy atom. The van der Waals surface area contributed by atoms with Gasteiger partial charge in [0.1, 0.15) is 0 Å². The first-order valence-electron chi connectivity index (χ1n) is 9.08. The fourth-order valence-electron chi connectivity index (χ4n) is 2.75. The zero-order valence-corrected chi connectivity index (χ0v) is 15.9. The van der Waals surface area contributed by atoms with Crippen molar-refractivity contribution < 1.29 is 14.4 Å². The van der Waals surface area contributed by atoms with Gasteiger partial charge in [0.15, 0.2) is 0 Å². The van der Waals surface area contributed by atoms with Crippen molar-refractivity contribution in [2.45, 2.75) is 13.5 Å². The second-order valence-electron chi connectivity index (χ2n) is 6.59. The fraction of sp³-hybridized carbons (Fsp3) is 0.0870. The number of rotatable bonds is 6. The smallest absolute Gasteiger partial charge is 0.255 e. The Labute approximate surface area is 168 Å². The minimum Gasteiger partial charge on any atom is -0.366 e. The quantitative estimate of drug-likeness (QED) is 0.605. The summed E-state index contributed by atoms with van der Waals surface area (Å²) < 4.78 is 0. The molecule has 0 spiro atoms. The van der Waals surface area contributed by atoms with Crippen LogP contribution in [0.4, 0.5) is 5.69 Å². The van der Waals surface area contributed by atoms with Crippen LogP contribution in [-0.2, 0) is 6.54 Å². The maximum atomic E-state index is 12.5. The molecule has 0 radical (unpaired) electrons. The number of benzene rings is 3. The van der Waals surface area contributed by atoms with Gasteiger partial charge >= 0.3 is 0 Å². The average molecular weight is 387 g/mol. The Hall–Kier alpha value is -3.93. The summed E-state index contributed by atoms with van der Waals surface area (Å²) in [6.45, 7) is 2.17. The Morgan fingerprint density at radius 1 is 0.793 bits per heavy atom. The molecule has 0 aliphatic carbocycles. The highest BCUT2D eigenvalue weighted by atomic mass is 16.2. The number of hydrogen-bond acceptors (Lipinski definition) is 3. The van der Waals surface area contributed by atoms with Crippen molar-refractivity contribution in [1.82, 2.24) is 5.32 Å². The van der Waals surface area contributed by atoms with Crippen LogP contribution in [0.15, 0.2) is 72.8 Å². The topological polar surface area (TPSA) is 101 Å². The van der Waals surface area contributed by atoms with Gasteiger partial charge in [-0.1, -0.05) is 36.4 Å². The number of anilines is 1. The number of primary amides is 1. The van der Waals surface area contributed by atoms with E-state index >= 15 is 0 Å². The Balaban J connectivity index is 1.67. The van der Waals surface area contributed by atoms with Crippen molar-refractivity contribution in [2.24, 2.45) is 5.73 Å². The van der Waals surface area contributed by atoms with Gasteiger partial charge in [-0.05, 0) is 54.4 Å². The number of nitrogens with one attached hydrogen (secondary N) is 2. The number of nitrogens with two attached hydrogens (primary N) is 1. The summed E-state index contributed by atoms with van der Waals surface area (Å²) in [5.41, 5.74) is 8.89. The molecule has 0 aliphatic heterocycles. The van der Waals surface area contributed by atoms with E-state index in [0.29, 0.717) is 28.9 Å². The molecule has 146 valence electrons. The van der Waals surface area contributed by atoms with Crippen molar-refractivity contribution in [3.8, 4) is 0 Å². The monoisotopic (exact) mass is 387 g/mol. The molecule has 0 heterocycles. The second-order valence-corrected chi connectivity index (χ2v) is 6.59. The normalized spacial score (nSPS) is 10.2. The van der Waals surface area contributed by atoms with Gasteiger partial charge in [0.05, 0.1) is 0 Å². The van der Waals surface area contributed by atoms with Crippen LogP contribution in [0.1, 0.15) is 42.2 Å². The molecule has 3 aromatic carbocycles. The molecule has 6 heteroatoms. The highest BCUT2D eigenvalue weighted by Crippen LogP contribution is 2.18. The number of hydrogen-bond donors (Lipinski definition) is 3. The average Bonchev–Trinajstić information content (AvgIpc) is 2.74. The van der Waals surface area contributed by atoms with Crippen molar-refractivity contribution in [3.63, 3.8) is 0 Å². The van der Waals surface area contributed by atoms with Gasteiger partial charge < -0.3 is 16.4 Å². The number of carbonyl (C=O) groups is 3. The molecule has 3 rings (SSSR count). The van der Waals surface area contributed by atoms with E-state index in [1.54, 1.807) is 66.7 Å². The van der Waals surface area contributed by atoms with Crippen LogP contribution in [0.25, 0.3) is 0 Å². The largest absolute Gasteiger partial charge is 0.366 e. The maximum Gasteiger partial charge on any atom is 0.255 e. The Kier molecular flexibility index (Phi) is 6.04. The third-order valence-corrected chi connectivity index (χ3v) is 4.48. The number of carbonyl (C=O) groups excluding carboxylic acids is 3. The molecule has 0 aromatic heterocycles. The van der Waals surface area contributed by atoms with Crippen LogP contribution >= 0.6 is 0 Å². The highest BCUT2D eigenvalue weighted by molar-refractivity contribution is 6.05. The van der Waals surface area contributed by atoms with Crippen LogP contribution in [0.5, 0.6) is 0 Å². The van der Waals surface area contributed by atoms with E-state index in [-0.39, 0.29) is 11.8 Å². The minimum absolute atomic E-state index is 0.235. The van der Waals surface area contributed by atoms with Crippen molar-refractivity contribution in [1.29, 1.82) is 0 Å². The van der Waals surface area contributed by atoms with E-state index in [1.807, 2.05) is 13.0 Å². The van der Waals surface area contributed by atoms with E-state index in [9.17, 15) is 14.4 Å². The first-order chi connectivity index (χ1) is 13.9. The lowest BCUT2D eigenvalue weighted by molar-refractivity contribution is 0.0948. The van der Waals surface area contributed by atoms with Gasteiger partial charge in [-0.15, -0.1) is 0 Å². The van der Waals surface area contributed by atoms with Crippen LogP contribution < -0.4 is 16.4 Å². The van der Waals surface area contributed by atoms with Crippen LogP contribution in [-0.4, -0.2) is 17.7 Å². The SMILES string of the molecule is Cc1ccc(C(=O)NCc2ccc(C(N)=O)cc2)cc1NC(=O)c1ccccc1. The van der Waals surface area contributed by atoms with Gasteiger partial charge in [-0.2, -0.15) is 0 Å². The summed E-state index contributed by atoms with van der Waals surface area (Å²) in [6, 6.07) is 20.7. The predicted octanol–water partition coefficient (Wildman–Crippen LogP) is 3.28. The first-order valence-corrected chi connectivity index (χ1v) is 9.08. The maximum absolute atomic E-state index is 12.5. The van der Waals surface area contributed by atoms with Gasteiger partial charge in [0.25, 0.3) is 11.8 Å². The van der Waals surface area contributed by atoms with Gasteiger partial charge in [-0.3, -0.25) is 14.4 Å². The van der Waals surface area contributed by atoms with E-state index in [1.165, 1.54) is 0 Å². The van der Waals surface area contributed by atoms with E-state index in [2.05, 4.69) is 10.6 Å². The first kappa shape index (κ1) is 19.8. The zero-order chi connectivity index (χ0) is 20.8. The predicted molar refractivity (Wildman–Crippen MR) is 112 cm³/mol. The van der Waals surface area contributed by atoms with Crippen LogP contribution in [0.3, 0.4) is 0 Å². The lowest BCUT2D eigenvalue weighted by Crippen LogP contribution is -2.23. The number of aryl methyl sites for hydroxylation is 1. The number of amides is 3. The van der Waals surface area contributed by atoms with Crippen molar-refractivity contribution >= 4 is 23.4 Å². The van der Waals surface area contributed by atoms with Crippen LogP contribution in [0.2, 0.25) is 0 Å². The molecule has 3 aromatic rings. The molecule has 0 saturated heterocycles. The minimum atomic E-state index is -0.495. The fourth-order valence-corrected chi connectivity index (χ4v) is 2.75. The van der Waals surface area contributed by atoms with Gasteiger partial charge in [0, 0.05) is 28.9 Å².